The fraction of sp³-hybridized carbons (Fsp3) is 0.583. The van der Waals surface area contributed by atoms with Crippen molar-refractivity contribution < 1.29 is 19.2 Å². The summed E-state index contributed by atoms with van der Waals surface area (Å²) in [6, 6.07) is 1.24. The highest BCUT2D eigenvalue weighted by Gasteiger charge is 2.17. The van der Waals surface area contributed by atoms with Crippen molar-refractivity contribution in [2.45, 2.75) is 0 Å². The Kier molecular flexibility index (Phi) is 6.85. The van der Waals surface area contributed by atoms with Gasteiger partial charge >= 0.3 is 0 Å². The van der Waals surface area contributed by atoms with Crippen LogP contribution in [0.1, 0.15) is 10.5 Å². The van der Waals surface area contributed by atoms with Gasteiger partial charge < -0.3 is 14.5 Å². The monoisotopic (exact) mass is 285 g/mol. The van der Waals surface area contributed by atoms with E-state index in [0.29, 0.717) is 26.3 Å². The van der Waals surface area contributed by atoms with Crippen molar-refractivity contribution in [2.24, 2.45) is 0 Å². The van der Waals surface area contributed by atoms with Crippen molar-refractivity contribution in [1.82, 2.24) is 9.88 Å². The number of hydrogen-bond donors (Lipinski definition) is 1. The molecule has 8 nitrogen and oxygen atoms in total. The van der Waals surface area contributed by atoms with Crippen molar-refractivity contribution in [3.05, 3.63) is 28.1 Å². The van der Waals surface area contributed by atoms with E-state index < -0.39 is 4.92 Å². The predicted molar refractivity (Wildman–Crippen MR) is 72.0 cm³/mol. The number of Topliss-reactive ketones (excluding diaryl/α,β-unsaturated/α-hetero) is 1. The van der Waals surface area contributed by atoms with Crippen LogP contribution < -0.4 is 0 Å². The molecule has 0 fully saturated rings. The molecule has 8 heteroatoms. The summed E-state index contributed by atoms with van der Waals surface area (Å²) in [5.41, 5.74) is 0.116. The number of aromatic amines is 1. The number of methoxy groups -OCH3 is 2. The number of ketones is 1. The highest BCUT2D eigenvalue weighted by Crippen LogP contribution is 2.12. The third-order valence-corrected chi connectivity index (χ3v) is 2.77. The number of nitro groups is 1. The van der Waals surface area contributed by atoms with Gasteiger partial charge in [-0.1, -0.05) is 0 Å². The average Bonchev–Trinajstić information content (AvgIpc) is 2.91. The third-order valence-electron chi connectivity index (χ3n) is 2.77. The van der Waals surface area contributed by atoms with E-state index in [1.165, 1.54) is 12.3 Å². The van der Waals surface area contributed by atoms with Crippen molar-refractivity contribution >= 4 is 11.5 Å². The van der Waals surface area contributed by atoms with E-state index in [9.17, 15) is 14.9 Å². The molecule has 1 rings (SSSR count). The number of ether oxygens (including phenoxy) is 2. The Bertz CT molecular complexity index is 438. The lowest BCUT2D eigenvalue weighted by atomic mass is 10.2. The number of carbonyl (C=O) groups excluding carboxylic acids is 1. The quantitative estimate of drug-likeness (QED) is 0.386. The molecule has 0 spiro atoms. The van der Waals surface area contributed by atoms with Gasteiger partial charge in [0.15, 0.2) is 5.78 Å². The molecule has 1 aromatic heterocycles. The van der Waals surface area contributed by atoms with Crippen LogP contribution in [0.25, 0.3) is 0 Å². The number of nitrogens with zero attached hydrogens (tertiary/aromatic N) is 2. The molecule has 0 bridgehead atoms. The van der Waals surface area contributed by atoms with Crippen LogP contribution in [-0.4, -0.2) is 67.7 Å². The van der Waals surface area contributed by atoms with E-state index in [-0.39, 0.29) is 23.7 Å². The molecule has 1 N–H and O–H groups in total. The number of aromatic nitrogens is 1. The van der Waals surface area contributed by atoms with E-state index in [1.807, 2.05) is 4.90 Å². The Morgan fingerprint density at radius 3 is 2.40 bits per heavy atom. The Morgan fingerprint density at radius 1 is 1.35 bits per heavy atom. The zero-order valence-corrected chi connectivity index (χ0v) is 11.6. The second-order valence-corrected chi connectivity index (χ2v) is 4.21. The Morgan fingerprint density at radius 2 is 1.95 bits per heavy atom. The lowest BCUT2D eigenvalue weighted by Gasteiger charge is -2.20. The summed E-state index contributed by atoms with van der Waals surface area (Å²) in [7, 11) is 3.18. The topological polar surface area (TPSA) is 97.7 Å². The number of nitrogens with one attached hydrogen (secondary N) is 1. The summed E-state index contributed by atoms with van der Waals surface area (Å²) in [6.07, 6.45) is 1.21. The molecule has 112 valence electrons. The molecule has 0 saturated carbocycles. The molecule has 0 aromatic carbocycles. The first kappa shape index (κ1) is 16.3. The molecular formula is C12H19N3O5. The molecule has 0 atom stereocenters. The maximum atomic E-state index is 12.0. The maximum Gasteiger partial charge on any atom is 0.287 e. The van der Waals surface area contributed by atoms with E-state index in [2.05, 4.69) is 4.98 Å². The summed E-state index contributed by atoms with van der Waals surface area (Å²) >= 11 is 0. The third kappa shape index (κ3) is 5.08. The van der Waals surface area contributed by atoms with Crippen molar-refractivity contribution in [1.29, 1.82) is 0 Å². The molecule has 0 aliphatic carbocycles. The van der Waals surface area contributed by atoms with Crippen LogP contribution in [0, 0.1) is 10.1 Å². The zero-order valence-electron chi connectivity index (χ0n) is 11.6. The highest BCUT2D eigenvalue weighted by atomic mass is 16.6. The lowest BCUT2D eigenvalue weighted by Crippen LogP contribution is -2.35. The predicted octanol–water partition coefficient (Wildman–Crippen LogP) is 0.700. The molecule has 0 aliphatic rings. The summed E-state index contributed by atoms with van der Waals surface area (Å²) in [5, 5.41) is 10.6. The molecule has 20 heavy (non-hydrogen) atoms. The van der Waals surface area contributed by atoms with Crippen molar-refractivity contribution in [3.63, 3.8) is 0 Å². The molecule has 1 heterocycles. The van der Waals surface area contributed by atoms with Crippen LogP contribution in [0.15, 0.2) is 12.3 Å². The van der Waals surface area contributed by atoms with Crippen molar-refractivity contribution in [3.8, 4) is 0 Å². The van der Waals surface area contributed by atoms with E-state index in [0.717, 1.165) is 0 Å². The number of carbonyl (C=O) groups is 1. The minimum absolute atomic E-state index is 0.117. The summed E-state index contributed by atoms with van der Waals surface area (Å²) in [4.78, 5) is 26.6. The van der Waals surface area contributed by atoms with E-state index in [4.69, 9.17) is 9.47 Å². The van der Waals surface area contributed by atoms with Crippen LogP contribution >= 0.6 is 0 Å². The Balaban J connectivity index is 2.60. The normalized spacial score (nSPS) is 10.9. The molecule has 0 radical (unpaired) electrons. The first-order chi connectivity index (χ1) is 9.58. The molecule has 0 unspecified atom stereocenters. The van der Waals surface area contributed by atoms with Crippen LogP contribution in [0.5, 0.6) is 0 Å². The van der Waals surface area contributed by atoms with Crippen LogP contribution in [-0.2, 0) is 9.47 Å². The van der Waals surface area contributed by atoms with Gasteiger partial charge in [-0.15, -0.1) is 0 Å². The summed E-state index contributed by atoms with van der Waals surface area (Å²) < 4.78 is 9.97. The van der Waals surface area contributed by atoms with Gasteiger partial charge in [-0.25, -0.2) is 0 Å². The smallest absolute Gasteiger partial charge is 0.287 e. The molecule has 0 aliphatic heterocycles. The SMILES string of the molecule is COCCN(CCOC)CC(=O)c1cc([N+](=O)[O-])c[nH]1. The number of H-pyrrole nitrogens is 1. The summed E-state index contributed by atoms with van der Waals surface area (Å²) in [5.74, 6) is -0.203. The molecular weight excluding hydrogens is 266 g/mol. The number of hydrogen-bond acceptors (Lipinski definition) is 6. The lowest BCUT2D eigenvalue weighted by molar-refractivity contribution is -0.384. The zero-order chi connectivity index (χ0) is 15.0. The second kappa shape index (κ2) is 8.41. The molecule has 1 aromatic rings. The fourth-order valence-electron chi connectivity index (χ4n) is 1.65. The highest BCUT2D eigenvalue weighted by molar-refractivity contribution is 5.96. The van der Waals surface area contributed by atoms with Gasteiger partial charge in [-0.05, 0) is 0 Å². The van der Waals surface area contributed by atoms with Gasteiger partial charge in [0.05, 0.1) is 36.6 Å². The van der Waals surface area contributed by atoms with Gasteiger partial charge in [0.25, 0.3) is 5.69 Å². The van der Waals surface area contributed by atoms with Gasteiger partial charge in [-0.2, -0.15) is 0 Å². The average molecular weight is 285 g/mol. The number of rotatable bonds is 10. The van der Waals surface area contributed by atoms with Crippen LogP contribution in [0.2, 0.25) is 0 Å². The standard InChI is InChI=1S/C12H19N3O5/c1-19-5-3-14(4-6-20-2)9-12(16)11-7-10(8-13-11)15(17)18/h7-8,13H,3-6,9H2,1-2H3. The van der Waals surface area contributed by atoms with Gasteiger partial charge in [-0.3, -0.25) is 19.8 Å². The van der Waals surface area contributed by atoms with Crippen LogP contribution in [0.4, 0.5) is 5.69 Å². The maximum absolute atomic E-state index is 12.0. The van der Waals surface area contributed by atoms with Crippen molar-refractivity contribution in [2.75, 3.05) is 47.1 Å². The minimum atomic E-state index is -0.541. The van der Waals surface area contributed by atoms with Crippen LogP contribution in [0.3, 0.4) is 0 Å². The Labute approximate surface area is 116 Å². The minimum Gasteiger partial charge on any atom is -0.383 e. The Hall–Kier alpha value is -1.77. The van der Waals surface area contributed by atoms with Gasteiger partial charge in [0.2, 0.25) is 0 Å². The van der Waals surface area contributed by atoms with Gasteiger partial charge in [0, 0.05) is 33.4 Å². The first-order valence-corrected chi connectivity index (χ1v) is 6.14. The van der Waals surface area contributed by atoms with E-state index in [1.54, 1.807) is 14.2 Å². The van der Waals surface area contributed by atoms with Gasteiger partial charge in [0.1, 0.15) is 0 Å². The largest absolute Gasteiger partial charge is 0.383 e. The summed E-state index contributed by atoms with van der Waals surface area (Å²) in [6.45, 7) is 2.34. The molecule has 0 amide bonds. The second-order valence-electron chi connectivity index (χ2n) is 4.21. The van der Waals surface area contributed by atoms with E-state index >= 15 is 0 Å². The fourth-order valence-corrected chi connectivity index (χ4v) is 1.65. The molecule has 0 saturated heterocycles. The first-order valence-electron chi connectivity index (χ1n) is 6.14.